The molecule has 0 bridgehead atoms. The molecule has 2 aliphatic heterocycles. The number of rotatable bonds is 4. The molecule has 0 aliphatic carbocycles. The minimum Gasteiger partial charge on any atom is -0.496 e. The molecule has 1 saturated heterocycles. The number of hydrogen-bond donors (Lipinski definition) is 0. The highest BCUT2D eigenvalue weighted by Crippen LogP contribution is 2.44. The number of amides is 2. The Bertz CT molecular complexity index is 2170. The zero-order chi connectivity index (χ0) is 36.4. The molecule has 0 unspecified atom stereocenters. The van der Waals surface area contributed by atoms with Gasteiger partial charge in [-0.1, -0.05) is 32.0 Å². The van der Waals surface area contributed by atoms with Gasteiger partial charge in [-0.25, -0.2) is 18.6 Å². The van der Waals surface area contributed by atoms with Crippen molar-refractivity contribution in [3.05, 3.63) is 75.6 Å². The second kappa shape index (κ2) is 12.4. The van der Waals surface area contributed by atoms with Gasteiger partial charge in [0, 0.05) is 25.0 Å². The zero-order valence-electron chi connectivity index (χ0n) is 29.2. The van der Waals surface area contributed by atoms with Gasteiger partial charge in [0.15, 0.2) is 11.5 Å². The van der Waals surface area contributed by atoms with Crippen LogP contribution in [-0.2, 0) is 9.53 Å². The summed E-state index contributed by atoms with van der Waals surface area (Å²) in [5.41, 5.74) is -0.953. The lowest BCUT2D eigenvalue weighted by Crippen LogP contribution is -2.66. The number of benzene rings is 2. The summed E-state index contributed by atoms with van der Waals surface area (Å²) < 4.78 is 44.1. The largest absolute Gasteiger partial charge is 0.496 e. The number of anilines is 2. The summed E-state index contributed by atoms with van der Waals surface area (Å²) in [5.74, 6) is -2.30. The number of aromatic nitrogens is 2. The third kappa shape index (κ3) is 5.48. The number of pyridine rings is 2. The van der Waals surface area contributed by atoms with Crippen molar-refractivity contribution in [3.63, 3.8) is 0 Å². The Morgan fingerprint density at radius 1 is 1.04 bits per heavy atom. The molecular weight excluding hydrogens is 646 g/mol. The molecule has 11 nitrogen and oxygen atoms in total. The van der Waals surface area contributed by atoms with Gasteiger partial charge in [-0.2, -0.15) is 5.26 Å². The van der Waals surface area contributed by atoms with Crippen molar-refractivity contribution >= 4 is 34.4 Å². The molecular formula is C37H38F2N6O5. The van der Waals surface area contributed by atoms with Gasteiger partial charge in [-0.3, -0.25) is 14.2 Å². The predicted octanol–water partition coefficient (Wildman–Crippen LogP) is 6.13. The molecule has 0 radical (unpaired) electrons. The lowest BCUT2D eigenvalue weighted by Gasteiger charge is -2.49. The highest BCUT2D eigenvalue weighted by molar-refractivity contribution is 6.12. The predicted molar refractivity (Wildman–Crippen MR) is 185 cm³/mol. The maximum Gasteiger partial charge on any atom is 0.410 e. The molecule has 2 amide bonds. The average Bonchev–Trinajstić information content (AvgIpc) is 3.05. The van der Waals surface area contributed by atoms with Gasteiger partial charge in [0.05, 0.1) is 36.2 Å². The number of piperazine rings is 1. The van der Waals surface area contributed by atoms with Crippen LogP contribution >= 0.6 is 0 Å². The van der Waals surface area contributed by atoms with Crippen molar-refractivity contribution < 1.29 is 27.8 Å². The number of fused-ring (bicyclic) bond motifs is 5. The lowest BCUT2D eigenvalue weighted by molar-refractivity contribution is -0.121. The van der Waals surface area contributed by atoms with Crippen LogP contribution in [0.15, 0.2) is 47.3 Å². The summed E-state index contributed by atoms with van der Waals surface area (Å²) in [6, 6.07) is 11.0. The van der Waals surface area contributed by atoms with Crippen LogP contribution in [0, 0.1) is 23.0 Å². The summed E-state index contributed by atoms with van der Waals surface area (Å²) in [6.07, 6.45) is -0.586. The van der Waals surface area contributed by atoms with Crippen LogP contribution in [0.4, 0.5) is 25.0 Å². The summed E-state index contributed by atoms with van der Waals surface area (Å²) in [6.45, 7) is 10.9. The van der Waals surface area contributed by atoms with E-state index >= 15 is 8.78 Å². The van der Waals surface area contributed by atoms with Crippen LogP contribution in [0.3, 0.4) is 0 Å². The van der Waals surface area contributed by atoms with Crippen molar-refractivity contribution in [1.29, 1.82) is 5.26 Å². The first-order chi connectivity index (χ1) is 23.6. The summed E-state index contributed by atoms with van der Waals surface area (Å²) in [5, 5.41) is 10.4. The standard InChI is InChI=1S/C37H38F2N6O5/c1-19(2)22-12-9-11-21(16-40)30(22)45-33-23(15-25(39)29(41-33)28-24(38)13-10-14-27(28)49-8)31-32(35(45)47)42(7)34(46)26-18-43(20(3)17-44(26)31)36(48)50-37(4,5)6/h9-15,19-20,26H,17-18H2,1-8H3/t20-,26-/m1/s1. The monoisotopic (exact) mass is 684 g/mol. The molecule has 4 aromatic rings. The number of ether oxygens (including phenoxy) is 2. The molecule has 2 atom stereocenters. The highest BCUT2D eigenvalue weighted by atomic mass is 19.1. The Labute approximate surface area is 288 Å². The van der Waals surface area contributed by atoms with E-state index < -0.39 is 52.6 Å². The molecule has 1 fully saturated rings. The second-order valence-corrected chi connectivity index (χ2v) is 13.9. The minimum absolute atomic E-state index is 0.0281. The average molecular weight is 685 g/mol. The Kier molecular flexibility index (Phi) is 8.54. The van der Waals surface area contributed by atoms with Crippen LogP contribution in [0.25, 0.3) is 28.0 Å². The fourth-order valence-electron chi connectivity index (χ4n) is 6.84. The van der Waals surface area contributed by atoms with E-state index in [9.17, 15) is 19.6 Å². The second-order valence-electron chi connectivity index (χ2n) is 13.9. The summed E-state index contributed by atoms with van der Waals surface area (Å²) >= 11 is 0. The van der Waals surface area contributed by atoms with Crippen molar-refractivity contribution in [3.8, 4) is 28.8 Å². The van der Waals surface area contributed by atoms with Gasteiger partial charge in [-0.05, 0) is 63.4 Å². The minimum atomic E-state index is -0.943. The Hall–Kier alpha value is -5.51. The van der Waals surface area contributed by atoms with E-state index in [0.29, 0.717) is 5.56 Å². The molecule has 0 saturated carbocycles. The Morgan fingerprint density at radius 3 is 2.38 bits per heavy atom. The molecule has 2 aromatic heterocycles. The van der Waals surface area contributed by atoms with E-state index in [4.69, 9.17) is 9.47 Å². The number of halogens is 2. The van der Waals surface area contributed by atoms with E-state index in [-0.39, 0.29) is 64.0 Å². The van der Waals surface area contributed by atoms with Crippen molar-refractivity contribution in [2.24, 2.45) is 0 Å². The van der Waals surface area contributed by atoms with E-state index in [1.54, 1.807) is 50.8 Å². The zero-order valence-corrected chi connectivity index (χ0v) is 29.2. The van der Waals surface area contributed by atoms with E-state index in [1.807, 2.05) is 13.8 Å². The van der Waals surface area contributed by atoms with Gasteiger partial charge in [-0.15, -0.1) is 0 Å². The van der Waals surface area contributed by atoms with E-state index in [2.05, 4.69) is 11.1 Å². The Morgan fingerprint density at radius 2 is 1.74 bits per heavy atom. The van der Waals surface area contributed by atoms with E-state index in [0.717, 1.165) is 6.07 Å². The van der Waals surface area contributed by atoms with Gasteiger partial charge in [0.25, 0.3) is 11.5 Å². The lowest BCUT2D eigenvalue weighted by atomic mass is 9.96. The van der Waals surface area contributed by atoms with Gasteiger partial charge in [0.1, 0.15) is 40.7 Å². The van der Waals surface area contributed by atoms with Gasteiger partial charge in [0.2, 0.25) is 0 Å². The topological polar surface area (TPSA) is 121 Å². The summed E-state index contributed by atoms with van der Waals surface area (Å²) in [4.78, 5) is 51.3. The fraction of sp³-hybridized carbons (Fsp3) is 0.378. The fourth-order valence-corrected chi connectivity index (χ4v) is 6.84. The van der Waals surface area contributed by atoms with Gasteiger partial charge >= 0.3 is 6.09 Å². The molecule has 50 heavy (non-hydrogen) atoms. The smallest absolute Gasteiger partial charge is 0.410 e. The molecule has 260 valence electrons. The Balaban J connectivity index is 1.71. The van der Waals surface area contributed by atoms with Crippen LogP contribution in [0.1, 0.15) is 58.6 Å². The SMILES string of the molecule is COc1cccc(F)c1-c1nc2c(cc1F)c1c(c(=O)n2-c2c(C#N)cccc2C(C)C)N(C)C(=O)[C@H]2CN(C(=O)OC(C)(C)C)[C@H](C)CN12. The summed E-state index contributed by atoms with van der Waals surface area (Å²) in [7, 11) is 2.78. The quantitative estimate of drug-likeness (QED) is 0.252. The first kappa shape index (κ1) is 34.4. The van der Waals surface area contributed by atoms with E-state index in [1.165, 1.54) is 46.7 Å². The number of nitrogens with zero attached hydrogens (tertiary/aromatic N) is 6. The molecule has 0 N–H and O–H groups in total. The first-order valence-electron chi connectivity index (χ1n) is 16.3. The highest BCUT2D eigenvalue weighted by Gasteiger charge is 2.47. The van der Waals surface area contributed by atoms with Crippen molar-refractivity contribution in [2.45, 2.75) is 65.1 Å². The molecule has 6 rings (SSSR count). The van der Waals surface area contributed by atoms with Crippen LogP contribution in [0.5, 0.6) is 5.75 Å². The number of carbonyl (C=O) groups is 2. The molecule has 2 aromatic carbocycles. The third-order valence-corrected chi connectivity index (χ3v) is 9.12. The maximum atomic E-state index is 16.5. The number of likely N-dealkylation sites (N-methyl/N-ethyl adjacent to an activating group) is 1. The number of hydrogen-bond acceptors (Lipinski definition) is 8. The maximum absolute atomic E-state index is 16.5. The number of carbonyl (C=O) groups excluding carboxylic acids is 2. The molecule has 2 aliphatic rings. The van der Waals surface area contributed by atoms with Gasteiger partial charge < -0.3 is 24.2 Å². The number of para-hydroxylation sites is 1. The first-order valence-corrected chi connectivity index (χ1v) is 16.3. The molecule has 4 heterocycles. The van der Waals surface area contributed by atoms with Crippen LogP contribution < -0.4 is 20.1 Å². The molecule has 0 spiro atoms. The normalized spacial score (nSPS) is 17.5. The van der Waals surface area contributed by atoms with Crippen molar-refractivity contribution in [2.75, 3.05) is 37.0 Å². The van der Waals surface area contributed by atoms with Crippen molar-refractivity contribution in [1.82, 2.24) is 14.5 Å². The number of nitriles is 1. The molecule has 13 heteroatoms. The third-order valence-electron chi connectivity index (χ3n) is 9.12. The van der Waals surface area contributed by atoms with Crippen LogP contribution in [0.2, 0.25) is 0 Å². The van der Waals surface area contributed by atoms with Crippen LogP contribution in [-0.4, -0.2) is 71.4 Å². The number of methoxy groups -OCH3 is 1.